The zero-order valence-corrected chi connectivity index (χ0v) is 61.3. The van der Waals surface area contributed by atoms with E-state index in [1.165, 1.54) is 45.6 Å². The summed E-state index contributed by atoms with van der Waals surface area (Å²) in [7, 11) is -9.52. The summed E-state index contributed by atoms with van der Waals surface area (Å²) in [6, 6.07) is 24.4. The van der Waals surface area contributed by atoms with Gasteiger partial charge in [-0.25, -0.2) is 50.9 Å². The number of methoxy groups -OCH3 is 4. The van der Waals surface area contributed by atoms with Gasteiger partial charge in [-0.15, -0.1) is 26.3 Å². The van der Waals surface area contributed by atoms with E-state index >= 15 is 0 Å². The molecule has 4 atom stereocenters. The number of ether oxygens (including phenoxy) is 4. The van der Waals surface area contributed by atoms with Gasteiger partial charge in [0.15, 0.2) is 0 Å². The van der Waals surface area contributed by atoms with Gasteiger partial charge in [0.1, 0.15) is 0 Å². The Morgan fingerprint density at radius 1 is 0.358 bits per heavy atom. The second-order valence-corrected chi connectivity index (χ2v) is 34.1. The average Bonchev–Trinajstić information content (AvgIpc) is 1.61. The molecule has 6 fully saturated rings. The minimum absolute atomic E-state index is 0. The lowest BCUT2D eigenvalue weighted by molar-refractivity contribution is -0.134. The molecule has 4 unspecified atom stereocenters. The molecular formula is C81H131N5O16S4. The Kier molecular flexibility index (Phi) is 41.0. The summed E-state index contributed by atoms with van der Waals surface area (Å²) >= 11 is 0. The zero-order valence-electron chi connectivity index (χ0n) is 58.0. The van der Waals surface area contributed by atoms with Crippen molar-refractivity contribution in [1.29, 1.82) is 0 Å². The molecule has 6 aliphatic rings. The lowest BCUT2D eigenvalue weighted by Crippen LogP contribution is -2.45. The molecule has 4 aromatic rings. The van der Waals surface area contributed by atoms with Gasteiger partial charge < -0.3 is 24.3 Å². The molecule has 106 heavy (non-hydrogen) atoms. The number of amides is 4. The number of hydrogen-bond acceptors (Lipinski definition) is 17. The first kappa shape index (κ1) is 101. The van der Waals surface area contributed by atoms with Crippen molar-refractivity contribution in [2.75, 3.05) is 68.0 Å². The standard InChI is InChI=1S/2C19H25NO4S.C18H25NO4S.C17H24N2O4S.8CH4/c2*1-5-11-19(12-6-2)13-16(14-24-4)20(18(19)21)25(22,23)17-9-7-15(3)8-10-17;1-14-6-8-16(9-7-14)24(21,22)19-15(13-23-2)12-18(17(19)20)10-4-3-5-11-18;1-13-3-5-15(6-4-13)24(21,22)19-14(12-23-2)11-17(16(19)20)7-9-18-10-8-17;;;;;;;;/h2*5-10,16H,1-2,11-14H2,3-4H3;6-9,15H,3-5,10-13H2,1-2H3;3-6,14,18H,7-12H2,1-2H3;8*1H4. The molecule has 10 rings (SSSR count). The minimum Gasteiger partial charge on any atom is -0.383 e. The van der Waals surface area contributed by atoms with Crippen LogP contribution in [0.1, 0.15) is 178 Å². The van der Waals surface area contributed by atoms with E-state index in [1.54, 1.807) is 104 Å². The van der Waals surface area contributed by atoms with Crippen LogP contribution >= 0.6 is 0 Å². The largest absolute Gasteiger partial charge is 0.383 e. The van der Waals surface area contributed by atoms with Crippen molar-refractivity contribution in [2.24, 2.45) is 21.7 Å². The fraction of sp³-hybridized carbons (Fsp3) is 0.556. The van der Waals surface area contributed by atoms with Gasteiger partial charge in [0, 0.05) is 28.4 Å². The van der Waals surface area contributed by atoms with E-state index in [9.17, 15) is 52.8 Å². The van der Waals surface area contributed by atoms with Gasteiger partial charge in [-0.05, 0) is 166 Å². The predicted molar refractivity (Wildman–Crippen MR) is 430 cm³/mol. The van der Waals surface area contributed by atoms with E-state index in [1.807, 2.05) is 27.7 Å². The minimum atomic E-state index is -3.95. The first-order valence-corrected chi connectivity index (χ1v) is 38.9. The van der Waals surface area contributed by atoms with Crippen molar-refractivity contribution in [3.05, 3.63) is 170 Å². The Morgan fingerprint density at radius 3 is 0.802 bits per heavy atom. The number of hydrogen-bond donors (Lipinski definition) is 1. The molecule has 0 radical (unpaired) electrons. The maximum absolute atomic E-state index is 13.2. The summed E-state index contributed by atoms with van der Waals surface area (Å²) in [5.74, 6) is -1.32. The maximum Gasteiger partial charge on any atom is 0.266 e. The van der Waals surface area contributed by atoms with E-state index in [-0.39, 0.29) is 117 Å². The molecule has 1 N–H and O–H groups in total. The van der Waals surface area contributed by atoms with Crippen LogP contribution in [0.5, 0.6) is 0 Å². The molecule has 1 saturated carbocycles. The van der Waals surface area contributed by atoms with Crippen LogP contribution in [-0.2, 0) is 78.2 Å². The van der Waals surface area contributed by atoms with Crippen LogP contribution in [-0.4, -0.2) is 167 Å². The Labute approximate surface area is 640 Å². The van der Waals surface area contributed by atoms with E-state index in [0.717, 1.165) is 84.7 Å². The lowest BCUT2D eigenvalue weighted by Gasteiger charge is -2.31. The maximum atomic E-state index is 13.2. The molecule has 5 saturated heterocycles. The van der Waals surface area contributed by atoms with Gasteiger partial charge >= 0.3 is 0 Å². The fourth-order valence-corrected chi connectivity index (χ4v) is 21.4. The third-order valence-electron chi connectivity index (χ3n) is 19.7. The van der Waals surface area contributed by atoms with E-state index < -0.39 is 97.7 Å². The van der Waals surface area contributed by atoms with Crippen LogP contribution in [0.3, 0.4) is 0 Å². The van der Waals surface area contributed by atoms with Crippen LogP contribution in [0.4, 0.5) is 0 Å². The number of carbonyl (C=O) groups is 4. The number of aryl methyl sites for hydroxylation is 4. The third kappa shape index (κ3) is 21.4. The van der Waals surface area contributed by atoms with Crippen LogP contribution in [0.25, 0.3) is 0 Å². The fourth-order valence-electron chi connectivity index (χ4n) is 14.8. The molecule has 0 aromatic heterocycles. The van der Waals surface area contributed by atoms with Gasteiger partial charge in [-0.1, -0.05) is 174 Å². The number of benzene rings is 4. The van der Waals surface area contributed by atoms with E-state index in [2.05, 4.69) is 31.6 Å². The Hall–Kier alpha value is -6.68. The SMILES string of the molecule is C.C.C.C.C.C.C.C.C=CCC1(CC=C)CC(COC)N(S(=O)(=O)c2ccc(C)cc2)C1=O.C=CCC1(CC=C)CC(COC)N(S(=O)(=O)c2ccc(C)cc2)C1=O.COCC1CC2(CCCCC2)C(=O)N1S(=O)(=O)c1ccc(C)cc1.COCC1CC2(CCNCC2)C(=O)N1S(=O)(=O)c1ccc(C)cc1. The normalized spacial score (nSPS) is 20.2. The highest BCUT2D eigenvalue weighted by atomic mass is 32.2. The summed E-state index contributed by atoms with van der Waals surface area (Å²) in [5.41, 5.74) is 1.12. The third-order valence-corrected chi connectivity index (χ3v) is 27.1. The van der Waals surface area contributed by atoms with Crippen molar-refractivity contribution in [2.45, 2.75) is 227 Å². The van der Waals surface area contributed by atoms with Crippen molar-refractivity contribution in [1.82, 2.24) is 22.5 Å². The molecule has 600 valence electrons. The van der Waals surface area contributed by atoms with Crippen molar-refractivity contribution in [3.63, 3.8) is 0 Å². The predicted octanol–water partition coefficient (Wildman–Crippen LogP) is 15.4. The van der Waals surface area contributed by atoms with Gasteiger partial charge in [0.2, 0.25) is 23.6 Å². The molecule has 2 spiro atoms. The van der Waals surface area contributed by atoms with Crippen LogP contribution in [0.15, 0.2) is 167 Å². The second-order valence-electron chi connectivity index (χ2n) is 26.8. The number of carbonyl (C=O) groups excluding carboxylic acids is 4. The van der Waals surface area contributed by atoms with Crippen LogP contribution < -0.4 is 5.32 Å². The monoisotopic (exact) mass is 1560 g/mol. The Balaban J connectivity index is 0. The quantitative estimate of drug-likeness (QED) is 0.0639. The highest BCUT2D eigenvalue weighted by molar-refractivity contribution is 7.90. The number of nitrogens with one attached hydrogen (secondary N) is 1. The summed E-state index contributed by atoms with van der Waals surface area (Å²) in [6.07, 6.45) is 16.1. The van der Waals surface area contributed by atoms with Gasteiger partial charge in [0.05, 0.1) is 91.8 Å². The highest BCUT2D eigenvalue weighted by Gasteiger charge is 2.59. The second kappa shape index (κ2) is 42.9. The molecular weight excluding hydrogens is 1430 g/mol. The summed E-state index contributed by atoms with van der Waals surface area (Å²) in [6.45, 7) is 24.7. The topological polar surface area (TPSA) is 267 Å². The number of sulfonamides is 4. The van der Waals surface area contributed by atoms with Gasteiger partial charge in [0.25, 0.3) is 40.1 Å². The summed E-state index contributed by atoms with van der Waals surface area (Å²) in [5, 5.41) is 3.24. The summed E-state index contributed by atoms with van der Waals surface area (Å²) in [4.78, 5) is 53.2. The first-order valence-electron chi connectivity index (χ1n) is 33.2. The molecule has 21 nitrogen and oxygen atoms in total. The molecule has 1 aliphatic carbocycles. The lowest BCUT2D eigenvalue weighted by atomic mass is 9.72. The van der Waals surface area contributed by atoms with Crippen LogP contribution in [0, 0.1) is 49.4 Å². The molecule has 4 amide bonds. The van der Waals surface area contributed by atoms with Gasteiger partial charge in [-0.3, -0.25) is 19.2 Å². The van der Waals surface area contributed by atoms with Crippen molar-refractivity contribution in [3.8, 4) is 0 Å². The average molecular weight is 1560 g/mol. The number of rotatable bonds is 24. The smallest absolute Gasteiger partial charge is 0.266 e. The molecule has 0 bridgehead atoms. The zero-order chi connectivity index (χ0) is 72.1. The first-order chi connectivity index (χ1) is 46.4. The summed E-state index contributed by atoms with van der Waals surface area (Å²) < 4.78 is 130. The number of piperidine rings is 1. The van der Waals surface area contributed by atoms with E-state index in [0.29, 0.717) is 64.2 Å². The molecule has 25 heteroatoms. The highest BCUT2D eigenvalue weighted by Crippen LogP contribution is 2.51. The number of nitrogens with zero attached hydrogens (tertiary/aromatic N) is 4. The van der Waals surface area contributed by atoms with Crippen LogP contribution in [0.2, 0.25) is 0 Å². The molecule has 5 heterocycles. The molecule has 5 aliphatic heterocycles. The Bertz CT molecular complexity index is 3670. The van der Waals surface area contributed by atoms with Gasteiger partial charge in [-0.2, -0.15) is 0 Å². The molecule has 4 aromatic carbocycles. The Morgan fingerprint density at radius 2 is 0.575 bits per heavy atom. The number of allylic oxidation sites excluding steroid dienone is 4. The van der Waals surface area contributed by atoms with Crippen molar-refractivity contribution < 1.29 is 71.8 Å². The van der Waals surface area contributed by atoms with Crippen molar-refractivity contribution >= 4 is 63.7 Å². The van der Waals surface area contributed by atoms with E-state index in [4.69, 9.17) is 18.9 Å².